The second-order valence-corrected chi connectivity index (χ2v) is 5.87. The van der Waals surface area contributed by atoms with Crippen LogP contribution < -0.4 is 0 Å². The van der Waals surface area contributed by atoms with Gasteiger partial charge in [0, 0.05) is 12.8 Å². The summed E-state index contributed by atoms with van der Waals surface area (Å²) in [6.45, 7) is 5.72. The fourth-order valence-corrected chi connectivity index (χ4v) is 2.00. The van der Waals surface area contributed by atoms with Crippen molar-refractivity contribution in [2.75, 3.05) is 7.11 Å². The molecule has 0 saturated carbocycles. The first-order valence-corrected chi connectivity index (χ1v) is 6.68. The van der Waals surface area contributed by atoms with E-state index in [-0.39, 0.29) is 18.1 Å². The molecule has 0 aromatic rings. The zero-order chi connectivity index (χ0) is 15.3. The van der Waals surface area contributed by atoms with Crippen LogP contribution >= 0.6 is 0 Å². The molecule has 6 heteroatoms. The predicted molar refractivity (Wildman–Crippen MR) is 72.3 cm³/mol. The summed E-state index contributed by atoms with van der Waals surface area (Å²) in [4.78, 5) is 11.1. The summed E-state index contributed by atoms with van der Waals surface area (Å²) in [5, 5.41) is 19.8. The summed E-state index contributed by atoms with van der Waals surface area (Å²) < 4.78 is 15.2. The van der Waals surface area contributed by atoms with E-state index in [1.807, 2.05) is 20.8 Å². The van der Waals surface area contributed by atoms with Crippen molar-refractivity contribution in [3.05, 3.63) is 12.2 Å². The molecule has 2 N–H and O–H groups in total. The highest BCUT2D eigenvalue weighted by atomic mass is 16.7. The fraction of sp³-hybridized carbons (Fsp3) is 0.786. The Morgan fingerprint density at radius 2 is 1.60 bits per heavy atom. The van der Waals surface area contributed by atoms with E-state index in [4.69, 9.17) is 9.47 Å². The van der Waals surface area contributed by atoms with Gasteiger partial charge in [0.2, 0.25) is 0 Å². The lowest BCUT2D eigenvalue weighted by molar-refractivity contribution is -0.0820. The number of ether oxygens (including phenoxy) is 3. The Labute approximate surface area is 119 Å². The van der Waals surface area contributed by atoms with Gasteiger partial charge < -0.3 is 24.4 Å². The Balaban J connectivity index is 2.78. The SMILES string of the molecule is COC(=O)OC1/C=C/C(OC(C)(C)C)CC(O)C(O)C1. The molecule has 0 aromatic heterocycles. The van der Waals surface area contributed by atoms with E-state index >= 15 is 0 Å². The van der Waals surface area contributed by atoms with Gasteiger partial charge in [-0.05, 0) is 26.8 Å². The normalized spacial score (nSPS) is 32.9. The highest BCUT2D eigenvalue weighted by Gasteiger charge is 2.29. The topological polar surface area (TPSA) is 85.2 Å². The standard InChI is InChI=1S/C14H24O6/c1-14(2,3)20-10-6-5-9(19-13(17)18-4)7-11(15)12(16)8-10/h5-6,9-12,15-16H,7-8H2,1-4H3/b6-5+. The van der Waals surface area contributed by atoms with Crippen LogP contribution in [0.25, 0.3) is 0 Å². The van der Waals surface area contributed by atoms with E-state index < -0.39 is 24.5 Å². The van der Waals surface area contributed by atoms with Crippen LogP contribution in [0, 0.1) is 0 Å². The summed E-state index contributed by atoms with van der Waals surface area (Å²) in [7, 11) is 1.21. The van der Waals surface area contributed by atoms with Crippen molar-refractivity contribution in [1.29, 1.82) is 0 Å². The van der Waals surface area contributed by atoms with Crippen LogP contribution in [0.3, 0.4) is 0 Å². The van der Waals surface area contributed by atoms with Gasteiger partial charge in [-0.3, -0.25) is 0 Å². The smallest absolute Gasteiger partial charge is 0.438 e. The maximum absolute atomic E-state index is 11.1. The van der Waals surface area contributed by atoms with Crippen molar-refractivity contribution < 1.29 is 29.2 Å². The van der Waals surface area contributed by atoms with Crippen LogP contribution in [0.5, 0.6) is 0 Å². The van der Waals surface area contributed by atoms with Crippen molar-refractivity contribution in [2.45, 2.75) is 63.6 Å². The third-order valence-electron chi connectivity index (χ3n) is 2.85. The minimum Gasteiger partial charge on any atom is -0.438 e. The number of carbonyl (C=O) groups excluding carboxylic acids is 1. The number of rotatable bonds is 2. The van der Waals surface area contributed by atoms with Crippen molar-refractivity contribution in [3.8, 4) is 0 Å². The molecule has 0 aromatic carbocycles. The zero-order valence-electron chi connectivity index (χ0n) is 12.4. The first-order chi connectivity index (χ1) is 9.21. The third kappa shape index (κ3) is 5.90. The maximum atomic E-state index is 11.1. The molecule has 0 fully saturated rings. The second kappa shape index (κ2) is 7.06. The van der Waals surface area contributed by atoms with Crippen LogP contribution in [0.4, 0.5) is 4.79 Å². The molecule has 1 aliphatic rings. The summed E-state index contributed by atoms with van der Waals surface area (Å²) in [6, 6.07) is 0. The van der Waals surface area contributed by atoms with Crippen molar-refractivity contribution in [3.63, 3.8) is 0 Å². The molecule has 4 unspecified atom stereocenters. The van der Waals surface area contributed by atoms with Gasteiger partial charge in [-0.1, -0.05) is 6.08 Å². The van der Waals surface area contributed by atoms with E-state index in [0.717, 1.165) is 0 Å². The fourth-order valence-electron chi connectivity index (χ4n) is 2.00. The quantitative estimate of drug-likeness (QED) is 0.590. The Hall–Kier alpha value is -1.11. The van der Waals surface area contributed by atoms with E-state index in [0.29, 0.717) is 6.42 Å². The minimum atomic E-state index is -0.985. The Bertz CT molecular complexity index is 346. The molecule has 0 amide bonds. The third-order valence-corrected chi connectivity index (χ3v) is 2.85. The lowest BCUT2D eigenvalue weighted by atomic mass is 9.96. The lowest BCUT2D eigenvalue weighted by Crippen LogP contribution is -2.38. The van der Waals surface area contributed by atoms with E-state index in [2.05, 4.69) is 4.74 Å². The molecule has 6 nitrogen and oxygen atoms in total. The molecule has 0 spiro atoms. The number of hydrogen-bond acceptors (Lipinski definition) is 6. The van der Waals surface area contributed by atoms with Crippen LogP contribution in [-0.2, 0) is 14.2 Å². The molecule has 0 radical (unpaired) electrons. The highest BCUT2D eigenvalue weighted by molar-refractivity contribution is 5.60. The Morgan fingerprint density at radius 1 is 1.10 bits per heavy atom. The number of aliphatic hydroxyl groups is 2. The van der Waals surface area contributed by atoms with Crippen molar-refractivity contribution in [2.24, 2.45) is 0 Å². The summed E-state index contributed by atoms with van der Waals surface area (Å²) in [5.74, 6) is 0. The van der Waals surface area contributed by atoms with Gasteiger partial charge in [-0.25, -0.2) is 4.79 Å². The molecule has 0 bridgehead atoms. The Kier molecular flexibility index (Phi) is 5.98. The molecule has 20 heavy (non-hydrogen) atoms. The summed E-state index contributed by atoms with van der Waals surface area (Å²) >= 11 is 0. The second-order valence-electron chi connectivity index (χ2n) is 5.87. The van der Waals surface area contributed by atoms with Crippen molar-refractivity contribution >= 4 is 6.16 Å². The van der Waals surface area contributed by atoms with Crippen LogP contribution in [0.15, 0.2) is 12.2 Å². The number of aliphatic hydroxyl groups excluding tert-OH is 2. The molecular formula is C14H24O6. The van der Waals surface area contributed by atoms with E-state index in [1.165, 1.54) is 7.11 Å². The minimum absolute atomic E-state index is 0.120. The summed E-state index contributed by atoms with van der Waals surface area (Å²) in [5.41, 5.74) is -0.377. The highest BCUT2D eigenvalue weighted by Crippen LogP contribution is 2.22. The van der Waals surface area contributed by atoms with Crippen LogP contribution in [0.2, 0.25) is 0 Å². The molecule has 0 saturated heterocycles. The predicted octanol–water partition coefficient (Wildman–Crippen LogP) is 1.39. The van der Waals surface area contributed by atoms with Gasteiger partial charge in [-0.15, -0.1) is 0 Å². The molecular weight excluding hydrogens is 264 g/mol. The summed E-state index contributed by atoms with van der Waals surface area (Å²) in [6.07, 6.45) is 0.0553. The number of methoxy groups -OCH3 is 1. The lowest BCUT2D eigenvalue weighted by Gasteiger charge is -2.31. The van der Waals surface area contributed by atoms with Crippen LogP contribution in [0.1, 0.15) is 33.6 Å². The Morgan fingerprint density at radius 3 is 2.10 bits per heavy atom. The number of hydrogen-bond donors (Lipinski definition) is 2. The molecule has 4 atom stereocenters. The van der Waals surface area contributed by atoms with Crippen molar-refractivity contribution in [1.82, 2.24) is 0 Å². The maximum Gasteiger partial charge on any atom is 0.508 e. The molecule has 0 aliphatic heterocycles. The molecule has 1 aliphatic carbocycles. The van der Waals surface area contributed by atoms with Gasteiger partial charge in [0.25, 0.3) is 0 Å². The van der Waals surface area contributed by atoms with Crippen LogP contribution in [-0.4, -0.2) is 53.5 Å². The zero-order valence-corrected chi connectivity index (χ0v) is 12.4. The first kappa shape index (κ1) is 16.9. The molecule has 1 rings (SSSR count). The van der Waals surface area contributed by atoms with Gasteiger partial charge in [-0.2, -0.15) is 0 Å². The first-order valence-electron chi connectivity index (χ1n) is 6.68. The monoisotopic (exact) mass is 288 g/mol. The van der Waals surface area contributed by atoms with Gasteiger partial charge in [0.05, 0.1) is 31.0 Å². The largest absolute Gasteiger partial charge is 0.508 e. The molecule has 116 valence electrons. The number of carbonyl (C=O) groups is 1. The van der Waals surface area contributed by atoms with E-state index in [1.54, 1.807) is 12.2 Å². The average molecular weight is 288 g/mol. The average Bonchev–Trinajstić information content (AvgIpc) is 2.32. The van der Waals surface area contributed by atoms with Gasteiger partial charge in [0.15, 0.2) is 0 Å². The molecule has 0 heterocycles. The van der Waals surface area contributed by atoms with Gasteiger partial charge >= 0.3 is 6.16 Å². The van der Waals surface area contributed by atoms with Gasteiger partial charge in [0.1, 0.15) is 6.10 Å². The van der Waals surface area contributed by atoms with E-state index in [9.17, 15) is 15.0 Å².